The highest BCUT2D eigenvalue weighted by atomic mass is 16.5. The molecule has 0 aliphatic carbocycles. The lowest BCUT2D eigenvalue weighted by atomic mass is 9.96. The highest BCUT2D eigenvalue weighted by molar-refractivity contribution is 5.27. The molecule has 2 aliphatic heterocycles. The summed E-state index contributed by atoms with van der Waals surface area (Å²) < 4.78 is 5.92. The first-order valence-corrected chi connectivity index (χ1v) is 11.1. The molecule has 4 nitrogen and oxygen atoms in total. The number of piperazine rings is 1. The molecule has 2 fully saturated rings. The monoisotopic (exact) mass is 393 g/mol. The van der Waals surface area contributed by atoms with Crippen LogP contribution in [0.15, 0.2) is 54.6 Å². The van der Waals surface area contributed by atoms with Crippen molar-refractivity contribution in [2.45, 2.75) is 26.0 Å². The molecule has 156 valence electrons. The van der Waals surface area contributed by atoms with Gasteiger partial charge in [0.1, 0.15) is 12.4 Å². The Balaban J connectivity index is 1.23. The predicted molar refractivity (Wildman–Crippen MR) is 119 cm³/mol. The molecule has 0 saturated carbocycles. The summed E-state index contributed by atoms with van der Waals surface area (Å²) in [7, 11) is 2.23. The summed E-state index contributed by atoms with van der Waals surface area (Å²) in [5.74, 6) is 1.77. The maximum absolute atomic E-state index is 5.92. The minimum atomic E-state index is 0.625. The van der Waals surface area contributed by atoms with E-state index in [1.165, 1.54) is 69.8 Å². The summed E-state index contributed by atoms with van der Waals surface area (Å²) in [6.45, 7) is 10.3. The van der Waals surface area contributed by atoms with E-state index in [0.29, 0.717) is 6.61 Å². The Morgan fingerprint density at radius 3 is 2.34 bits per heavy atom. The zero-order valence-electron chi connectivity index (χ0n) is 17.8. The van der Waals surface area contributed by atoms with E-state index in [1.54, 1.807) is 0 Å². The van der Waals surface area contributed by atoms with Gasteiger partial charge in [0.05, 0.1) is 0 Å². The van der Waals surface area contributed by atoms with E-state index >= 15 is 0 Å². The second-order valence-corrected chi connectivity index (χ2v) is 8.77. The Kier molecular flexibility index (Phi) is 7.20. The number of ether oxygens (including phenoxy) is 1. The average Bonchev–Trinajstić information content (AvgIpc) is 2.76. The SMILES string of the molecule is CN1CCN(CC2CCCN(Cc3ccc(OCc4ccccc4)cc3)C2)CC1. The molecule has 4 heteroatoms. The maximum Gasteiger partial charge on any atom is 0.119 e. The molecule has 2 aliphatic rings. The summed E-state index contributed by atoms with van der Waals surface area (Å²) in [5, 5.41) is 0. The third-order valence-electron chi connectivity index (χ3n) is 6.29. The van der Waals surface area contributed by atoms with Crippen LogP contribution in [0.5, 0.6) is 5.75 Å². The van der Waals surface area contributed by atoms with Gasteiger partial charge in [0, 0.05) is 45.8 Å². The Bertz CT molecular complexity index is 725. The van der Waals surface area contributed by atoms with E-state index in [1.807, 2.05) is 6.07 Å². The number of likely N-dealkylation sites (N-methyl/N-ethyl adjacent to an activating group) is 1. The first kappa shape index (κ1) is 20.4. The van der Waals surface area contributed by atoms with Gasteiger partial charge in [-0.15, -0.1) is 0 Å². The molecule has 0 bridgehead atoms. The van der Waals surface area contributed by atoms with Gasteiger partial charge in [0.25, 0.3) is 0 Å². The fraction of sp³-hybridized carbons (Fsp3) is 0.520. The molecule has 29 heavy (non-hydrogen) atoms. The van der Waals surface area contributed by atoms with Gasteiger partial charge in [-0.25, -0.2) is 0 Å². The van der Waals surface area contributed by atoms with Gasteiger partial charge in [-0.05, 0) is 55.6 Å². The molecule has 2 saturated heterocycles. The number of hydrogen-bond donors (Lipinski definition) is 0. The van der Waals surface area contributed by atoms with E-state index in [2.05, 4.69) is 70.3 Å². The quantitative estimate of drug-likeness (QED) is 0.713. The Morgan fingerprint density at radius 2 is 1.59 bits per heavy atom. The lowest BCUT2D eigenvalue weighted by Crippen LogP contribution is -2.48. The smallest absolute Gasteiger partial charge is 0.119 e. The standard InChI is InChI=1S/C25H35N3O/c1-26-14-16-27(17-15-26)19-24-8-5-13-28(20-24)18-22-9-11-25(12-10-22)29-21-23-6-3-2-4-7-23/h2-4,6-7,9-12,24H,5,8,13-21H2,1H3. The van der Waals surface area contributed by atoms with Crippen LogP contribution >= 0.6 is 0 Å². The number of hydrogen-bond acceptors (Lipinski definition) is 4. The van der Waals surface area contributed by atoms with Crippen molar-refractivity contribution in [2.75, 3.05) is 52.9 Å². The van der Waals surface area contributed by atoms with E-state index in [4.69, 9.17) is 4.74 Å². The second kappa shape index (κ2) is 10.2. The van der Waals surface area contributed by atoms with E-state index < -0.39 is 0 Å². The van der Waals surface area contributed by atoms with Crippen LogP contribution in [0.4, 0.5) is 0 Å². The van der Waals surface area contributed by atoms with Crippen LogP contribution in [0.25, 0.3) is 0 Å². The van der Waals surface area contributed by atoms with Crippen LogP contribution in [0, 0.1) is 5.92 Å². The van der Waals surface area contributed by atoms with Gasteiger partial charge in [-0.3, -0.25) is 4.90 Å². The molecule has 2 heterocycles. The van der Waals surface area contributed by atoms with Crippen molar-refractivity contribution >= 4 is 0 Å². The summed E-state index contributed by atoms with van der Waals surface area (Å²) >= 11 is 0. The molecule has 1 unspecified atom stereocenters. The van der Waals surface area contributed by atoms with Crippen molar-refractivity contribution in [1.82, 2.24) is 14.7 Å². The number of piperidine rings is 1. The van der Waals surface area contributed by atoms with Crippen molar-refractivity contribution < 1.29 is 4.74 Å². The molecular weight excluding hydrogens is 358 g/mol. The van der Waals surface area contributed by atoms with Gasteiger partial charge in [-0.1, -0.05) is 42.5 Å². The fourth-order valence-electron chi connectivity index (χ4n) is 4.53. The number of likely N-dealkylation sites (tertiary alicyclic amines) is 1. The predicted octanol–water partition coefficient (Wildman–Crippen LogP) is 3.73. The molecule has 2 aromatic rings. The van der Waals surface area contributed by atoms with Crippen LogP contribution in [-0.4, -0.2) is 67.6 Å². The average molecular weight is 394 g/mol. The number of nitrogens with zero attached hydrogens (tertiary/aromatic N) is 3. The molecule has 0 amide bonds. The lowest BCUT2D eigenvalue weighted by Gasteiger charge is -2.38. The third-order valence-corrected chi connectivity index (χ3v) is 6.29. The van der Waals surface area contributed by atoms with Crippen molar-refractivity contribution in [1.29, 1.82) is 0 Å². The maximum atomic E-state index is 5.92. The zero-order valence-corrected chi connectivity index (χ0v) is 17.8. The number of rotatable bonds is 7. The molecule has 2 aromatic carbocycles. The lowest BCUT2D eigenvalue weighted by molar-refractivity contribution is 0.0966. The second-order valence-electron chi connectivity index (χ2n) is 8.77. The Hall–Kier alpha value is -1.88. The Labute approximate surface area is 176 Å². The van der Waals surface area contributed by atoms with E-state index in [0.717, 1.165) is 18.2 Å². The minimum Gasteiger partial charge on any atom is -0.489 e. The normalized spacial score (nSPS) is 21.9. The zero-order chi connectivity index (χ0) is 19.9. The van der Waals surface area contributed by atoms with Crippen LogP contribution in [0.1, 0.15) is 24.0 Å². The molecular formula is C25H35N3O. The minimum absolute atomic E-state index is 0.625. The van der Waals surface area contributed by atoms with E-state index in [9.17, 15) is 0 Å². The molecule has 4 rings (SSSR count). The van der Waals surface area contributed by atoms with Crippen LogP contribution in [-0.2, 0) is 13.2 Å². The van der Waals surface area contributed by atoms with Crippen LogP contribution in [0.3, 0.4) is 0 Å². The molecule has 0 aromatic heterocycles. The summed E-state index contributed by atoms with van der Waals surface area (Å²) in [6.07, 6.45) is 2.71. The van der Waals surface area contributed by atoms with Gasteiger partial charge in [-0.2, -0.15) is 0 Å². The highest BCUT2D eigenvalue weighted by Gasteiger charge is 2.23. The van der Waals surface area contributed by atoms with Crippen molar-refractivity contribution in [3.05, 3.63) is 65.7 Å². The van der Waals surface area contributed by atoms with Crippen LogP contribution in [0.2, 0.25) is 0 Å². The summed E-state index contributed by atoms with van der Waals surface area (Å²) in [4.78, 5) is 7.76. The molecule has 0 radical (unpaired) electrons. The molecule has 0 N–H and O–H groups in total. The first-order valence-electron chi connectivity index (χ1n) is 11.1. The van der Waals surface area contributed by atoms with E-state index in [-0.39, 0.29) is 0 Å². The highest BCUT2D eigenvalue weighted by Crippen LogP contribution is 2.21. The topological polar surface area (TPSA) is 19.0 Å². The van der Waals surface area contributed by atoms with Gasteiger partial charge >= 0.3 is 0 Å². The van der Waals surface area contributed by atoms with Gasteiger partial charge in [0.15, 0.2) is 0 Å². The molecule has 1 atom stereocenters. The van der Waals surface area contributed by atoms with Gasteiger partial charge < -0.3 is 14.5 Å². The van der Waals surface area contributed by atoms with Crippen molar-refractivity contribution in [2.24, 2.45) is 5.92 Å². The third kappa shape index (κ3) is 6.30. The number of benzene rings is 2. The first-order chi connectivity index (χ1) is 14.2. The molecule has 0 spiro atoms. The van der Waals surface area contributed by atoms with Gasteiger partial charge in [0.2, 0.25) is 0 Å². The Morgan fingerprint density at radius 1 is 0.828 bits per heavy atom. The summed E-state index contributed by atoms with van der Waals surface area (Å²) in [5.41, 5.74) is 2.59. The van der Waals surface area contributed by atoms with Crippen LogP contribution < -0.4 is 4.74 Å². The van der Waals surface area contributed by atoms with Crippen molar-refractivity contribution in [3.8, 4) is 5.75 Å². The fourth-order valence-corrected chi connectivity index (χ4v) is 4.53. The van der Waals surface area contributed by atoms with Crippen molar-refractivity contribution in [3.63, 3.8) is 0 Å². The largest absolute Gasteiger partial charge is 0.489 e. The summed E-state index contributed by atoms with van der Waals surface area (Å²) in [6, 6.07) is 19.0.